The van der Waals surface area contributed by atoms with E-state index >= 15 is 0 Å². The molecule has 19 heavy (non-hydrogen) atoms. The molecule has 0 aromatic heterocycles. The van der Waals surface area contributed by atoms with Crippen LogP contribution in [0, 0.1) is 23.7 Å². The molecule has 102 valence electrons. The molecule has 3 fully saturated rings. The fraction of sp³-hybridized carbons (Fsp3) is 0.647. The Morgan fingerprint density at radius 2 is 1.74 bits per heavy atom. The summed E-state index contributed by atoms with van der Waals surface area (Å²) in [6.45, 7) is 5.77. The van der Waals surface area contributed by atoms with Crippen molar-refractivity contribution < 1.29 is 4.74 Å². The molecule has 2 heteroatoms. The van der Waals surface area contributed by atoms with Crippen molar-refractivity contribution in [3.8, 4) is 0 Å². The summed E-state index contributed by atoms with van der Waals surface area (Å²) in [6.07, 6.45) is 2.81. The molecule has 1 heterocycles. The highest BCUT2D eigenvalue weighted by Crippen LogP contribution is 2.52. The summed E-state index contributed by atoms with van der Waals surface area (Å²) < 4.78 is 5.85. The van der Waals surface area contributed by atoms with E-state index in [1.807, 2.05) is 0 Å². The van der Waals surface area contributed by atoms with E-state index in [2.05, 4.69) is 35.2 Å². The molecule has 0 bridgehead atoms. The number of benzene rings is 1. The van der Waals surface area contributed by atoms with Gasteiger partial charge in [0.2, 0.25) is 0 Å². The van der Waals surface area contributed by atoms with Crippen molar-refractivity contribution in [1.82, 2.24) is 4.90 Å². The van der Waals surface area contributed by atoms with E-state index in [0.717, 1.165) is 43.4 Å². The lowest BCUT2D eigenvalue weighted by molar-refractivity contribution is 0.101. The van der Waals surface area contributed by atoms with E-state index in [0.29, 0.717) is 0 Å². The first-order valence-corrected chi connectivity index (χ1v) is 7.74. The summed E-state index contributed by atoms with van der Waals surface area (Å²) in [4.78, 5) is 2.61. The second kappa shape index (κ2) is 4.92. The van der Waals surface area contributed by atoms with Crippen LogP contribution < -0.4 is 0 Å². The minimum Gasteiger partial charge on any atom is -0.381 e. The largest absolute Gasteiger partial charge is 0.381 e. The highest BCUT2D eigenvalue weighted by molar-refractivity contribution is 5.15. The van der Waals surface area contributed by atoms with Gasteiger partial charge in [-0.25, -0.2) is 0 Å². The van der Waals surface area contributed by atoms with E-state index < -0.39 is 0 Å². The topological polar surface area (TPSA) is 12.5 Å². The molecule has 2 saturated carbocycles. The Labute approximate surface area is 115 Å². The Morgan fingerprint density at radius 3 is 2.42 bits per heavy atom. The maximum Gasteiger partial charge on any atom is 0.0500 e. The van der Waals surface area contributed by atoms with Gasteiger partial charge in [0, 0.05) is 26.2 Å². The standard InChI is InChI=1S/C17H23NO/c1-2-4-13(5-3-1)8-18-9-15-16(10-18)17(15)12-19-11-14-6-7-14/h1-5,14-17H,6-12H2. The highest BCUT2D eigenvalue weighted by atomic mass is 16.5. The molecule has 2 aliphatic carbocycles. The summed E-state index contributed by atoms with van der Waals surface area (Å²) >= 11 is 0. The van der Waals surface area contributed by atoms with E-state index in [4.69, 9.17) is 4.74 Å². The van der Waals surface area contributed by atoms with Crippen LogP contribution in [0.4, 0.5) is 0 Å². The maximum absolute atomic E-state index is 5.85. The van der Waals surface area contributed by atoms with Gasteiger partial charge >= 0.3 is 0 Å². The molecule has 2 nitrogen and oxygen atoms in total. The van der Waals surface area contributed by atoms with Gasteiger partial charge in [-0.3, -0.25) is 4.90 Å². The number of hydrogen-bond donors (Lipinski definition) is 0. The Bertz CT molecular complexity index is 416. The van der Waals surface area contributed by atoms with Gasteiger partial charge in [0.25, 0.3) is 0 Å². The minimum absolute atomic E-state index is 0.880. The molecule has 0 N–H and O–H groups in total. The summed E-state index contributed by atoms with van der Waals surface area (Å²) in [7, 11) is 0. The first kappa shape index (κ1) is 11.9. The highest BCUT2D eigenvalue weighted by Gasteiger charge is 2.55. The third-order valence-corrected chi connectivity index (χ3v) is 5.06. The molecule has 1 aromatic carbocycles. The number of piperidine rings is 1. The lowest BCUT2D eigenvalue weighted by atomic mass is 10.2. The van der Waals surface area contributed by atoms with E-state index in [1.54, 1.807) is 0 Å². The number of hydrogen-bond acceptors (Lipinski definition) is 2. The van der Waals surface area contributed by atoms with Gasteiger partial charge in [-0.1, -0.05) is 30.3 Å². The fourth-order valence-corrected chi connectivity index (χ4v) is 3.61. The summed E-state index contributed by atoms with van der Waals surface area (Å²) in [6, 6.07) is 10.8. The predicted octanol–water partition coefficient (Wildman–Crippen LogP) is 2.79. The summed E-state index contributed by atoms with van der Waals surface area (Å²) in [5, 5.41) is 0. The Kier molecular flexibility index (Phi) is 3.08. The second-order valence-electron chi connectivity index (χ2n) is 6.65. The smallest absolute Gasteiger partial charge is 0.0500 e. The average molecular weight is 257 g/mol. The average Bonchev–Trinajstić information content (AvgIpc) is 3.32. The van der Waals surface area contributed by atoms with Crippen LogP contribution in [0.5, 0.6) is 0 Å². The molecule has 0 amide bonds. The first-order chi connectivity index (χ1) is 9.40. The van der Waals surface area contributed by atoms with Gasteiger partial charge in [0.1, 0.15) is 0 Å². The third kappa shape index (κ3) is 2.70. The van der Waals surface area contributed by atoms with E-state index in [1.165, 1.54) is 31.5 Å². The first-order valence-electron chi connectivity index (χ1n) is 7.74. The van der Waals surface area contributed by atoms with Gasteiger partial charge in [0.05, 0.1) is 6.61 Å². The molecular weight excluding hydrogens is 234 g/mol. The summed E-state index contributed by atoms with van der Waals surface area (Å²) in [5.74, 6) is 3.66. The second-order valence-corrected chi connectivity index (χ2v) is 6.65. The van der Waals surface area contributed by atoms with Gasteiger partial charge < -0.3 is 4.74 Å². The molecule has 3 aliphatic rings. The maximum atomic E-state index is 5.85. The van der Waals surface area contributed by atoms with Crippen LogP contribution in [0.3, 0.4) is 0 Å². The van der Waals surface area contributed by atoms with Crippen LogP contribution in [0.2, 0.25) is 0 Å². The molecule has 2 unspecified atom stereocenters. The molecule has 1 aliphatic heterocycles. The Balaban J connectivity index is 1.20. The molecule has 0 spiro atoms. The van der Waals surface area contributed by atoms with Crippen LogP contribution in [0.15, 0.2) is 30.3 Å². The van der Waals surface area contributed by atoms with Crippen LogP contribution in [-0.4, -0.2) is 31.2 Å². The van der Waals surface area contributed by atoms with Crippen molar-refractivity contribution in [3.05, 3.63) is 35.9 Å². The molecule has 1 aromatic rings. The number of ether oxygens (including phenoxy) is 1. The number of likely N-dealkylation sites (tertiary alicyclic amines) is 1. The van der Waals surface area contributed by atoms with Crippen molar-refractivity contribution in [3.63, 3.8) is 0 Å². The van der Waals surface area contributed by atoms with Crippen molar-refractivity contribution >= 4 is 0 Å². The molecule has 0 radical (unpaired) electrons. The quantitative estimate of drug-likeness (QED) is 0.777. The molecule has 2 atom stereocenters. The van der Waals surface area contributed by atoms with Crippen LogP contribution in [-0.2, 0) is 11.3 Å². The van der Waals surface area contributed by atoms with Crippen LogP contribution in [0.25, 0.3) is 0 Å². The molecule has 1 saturated heterocycles. The monoisotopic (exact) mass is 257 g/mol. The van der Waals surface area contributed by atoms with E-state index in [-0.39, 0.29) is 0 Å². The van der Waals surface area contributed by atoms with Gasteiger partial charge in [-0.2, -0.15) is 0 Å². The van der Waals surface area contributed by atoms with Gasteiger partial charge in [-0.15, -0.1) is 0 Å². The van der Waals surface area contributed by atoms with Crippen molar-refractivity contribution in [2.24, 2.45) is 23.7 Å². The summed E-state index contributed by atoms with van der Waals surface area (Å²) in [5.41, 5.74) is 1.45. The Morgan fingerprint density at radius 1 is 1.00 bits per heavy atom. The van der Waals surface area contributed by atoms with Crippen molar-refractivity contribution in [1.29, 1.82) is 0 Å². The van der Waals surface area contributed by atoms with Gasteiger partial charge in [0.15, 0.2) is 0 Å². The van der Waals surface area contributed by atoms with Crippen molar-refractivity contribution in [2.45, 2.75) is 19.4 Å². The normalized spacial score (nSPS) is 33.4. The zero-order valence-electron chi connectivity index (χ0n) is 11.5. The van der Waals surface area contributed by atoms with Crippen LogP contribution in [0.1, 0.15) is 18.4 Å². The number of nitrogens with zero attached hydrogens (tertiary/aromatic N) is 1. The lowest BCUT2D eigenvalue weighted by Crippen LogP contribution is -2.25. The minimum atomic E-state index is 0.880. The Hall–Kier alpha value is -0.860. The lowest BCUT2D eigenvalue weighted by Gasteiger charge is -2.19. The number of rotatable bonds is 6. The molecule has 4 rings (SSSR count). The zero-order valence-corrected chi connectivity index (χ0v) is 11.5. The van der Waals surface area contributed by atoms with Crippen LogP contribution >= 0.6 is 0 Å². The number of fused-ring (bicyclic) bond motifs is 1. The predicted molar refractivity (Wildman–Crippen MR) is 75.7 cm³/mol. The van der Waals surface area contributed by atoms with Crippen molar-refractivity contribution in [2.75, 3.05) is 26.3 Å². The third-order valence-electron chi connectivity index (χ3n) is 5.06. The fourth-order valence-electron chi connectivity index (χ4n) is 3.61. The zero-order chi connectivity index (χ0) is 12.7. The van der Waals surface area contributed by atoms with E-state index in [9.17, 15) is 0 Å². The molecular formula is C17H23NO. The SMILES string of the molecule is c1ccc(CN2CC3C(COCC4CC4)C3C2)cc1. The van der Waals surface area contributed by atoms with Gasteiger partial charge in [-0.05, 0) is 42.1 Å².